The number of fused-ring (bicyclic) bond motifs is 2. The lowest BCUT2D eigenvalue weighted by Crippen LogP contribution is -2.09. The lowest BCUT2D eigenvalue weighted by Gasteiger charge is -2.06. The second-order valence-corrected chi connectivity index (χ2v) is 5.39. The van der Waals surface area contributed by atoms with Crippen LogP contribution in [0.25, 0.3) is 22.1 Å². The Bertz CT molecular complexity index is 1040. The zero-order valence-corrected chi connectivity index (χ0v) is 12.9. The van der Waals surface area contributed by atoms with Crippen LogP contribution in [0.3, 0.4) is 0 Å². The maximum Gasteiger partial charge on any atom is 0.341 e. The highest BCUT2D eigenvalue weighted by molar-refractivity contribution is 5.83. The first kappa shape index (κ1) is 15.1. The smallest absolute Gasteiger partial charge is 0.341 e. The van der Waals surface area contributed by atoms with Gasteiger partial charge in [-0.3, -0.25) is 4.79 Å². The molecule has 2 heterocycles. The number of rotatable bonds is 4. The van der Waals surface area contributed by atoms with Crippen molar-refractivity contribution >= 4 is 16.9 Å². The number of carboxylic acids is 1. The van der Waals surface area contributed by atoms with Crippen LogP contribution < -0.4 is 19.6 Å². The summed E-state index contributed by atoms with van der Waals surface area (Å²) in [6.07, 6.45) is 1.36. The van der Waals surface area contributed by atoms with E-state index in [-0.39, 0.29) is 12.2 Å². The zero-order chi connectivity index (χ0) is 17.4. The van der Waals surface area contributed by atoms with Crippen LogP contribution in [0.2, 0.25) is 0 Å². The molecule has 0 saturated heterocycles. The van der Waals surface area contributed by atoms with Crippen molar-refractivity contribution in [3.8, 4) is 28.4 Å². The topological polar surface area (TPSA) is 95.2 Å². The molecule has 0 atom stereocenters. The molecule has 1 aliphatic heterocycles. The number of ether oxygens (including phenoxy) is 3. The summed E-state index contributed by atoms with van der Waals surface area (Å²) in [7, 11) is 0. The Morgan fingerprint density at radius 2 is 1.96 bits per heavy atom. The Hall–Kier alpha value is -3.48. The van der Waals surface area contributed by atoms with Gasteiger partial charge in [-0.2, -0.15) is 0 Å². The van der Waals surface area contributed by atoms with Gasteiger partial charge in [-0.15, -0.1) is 0 Å². The highest BCUT2D eigenvalue weighted by Crippen LogP contribution is 2.35. The van der Waals surface area contributed by atoms with Gasteiger partial charge < -0.3 is 23.7 Å². The first-order chi connectivity index (χ1) is 12.1. The van der Waals surface area contributed by atoms with E-state index in [0.717, 1.165) is 0 Å². The van der Waals surface area contributed by atoms with E-state index >= 15 is 0 Å². The number of benzene rings is 2. The minimum absolute atomic E-state index is 0.157. The SMILES string of the molecule is O=C(O)COc1ccc2c(=O)c(-c3ccc4c(c3)OCO4)coc2c1. The zero-order valence-electron chi connectivity index (χ0n) is 12.9. The fourth-order valence-electron chi connectivity index (χ4n) is 2.61. The van der Waals surface area contributed by atoms with Gasteiger partial charge in [0.1, 0.15) is 17.6 Å². The third-order valence-electron chi connectivity index (χ3n) is 3.79. The molecule has 0 saturated carbocycles. The Balaban J connectivity index is 1.74. The van der Waals surface area contributed by atoms with E-state index in [1.54, 1.807) is 24.3 Å². The average molecular weight is 340 g/mol. The molecule has 0 fully saturated rings. The Morgan fingerprint density at radius 1 is 1.12 bits per heavy atom. The summed E-state index contributed by atoms with van der Waals surface area (Å²) in [5.74, 6) is 0.442. The summed E-state index contributed by atoms with van der Waals surface area (Å²) in [4.78, 5) is 23.3. The summed E-state index contributed by atoms with van der Waals surface area (Å²) >= 11 is 0. The average Bonchev–Trinajstić information content (AvgIpc) is 3.08. The molecule has 1 aliphatic rings. The summed E-state index contributed by atoms with van der Waals surface area (Å²) in [6, 6.07) is 9.80. The predicted octanol–water partition coefficient (Wildman–Crippen LogP) is 2.65. The third kappa shape index (κ3) is 2.76. The van der Waals surface area contributed by atoms with Crippen molar-refractivity contribution in [3.05, 3.63) is 52.9 Å². The molecule has 1 aromatic heterocycles. The number of carbonyl (C=O) groups is 1. The van der Waals surface area contributed by atoms with Crippen LogP contribution in [-0.2, 0) is 4.79 Å². The summed E-state index contributed by atoms with van der Waals surface area (Å²) in [5.41, 5.74) is 1.17. The van der Waals surface area contributed by atoms with Crippen molar-refractivity contribution in [3.63, 3.8) is 0 Å². The molecule has 0 bridgehead atoms. The van der Waals surface area contributed by atoms with Gasteiger partial charge in [0.15, 0.2) is 23.5 Å². The molecule has 0 spiro atoms. The molecule has 4 rings (SSSR count). The molecule has 3 aromatic rings. The molecule has 2 aromatic carbocycles. The van der Waals surface area contributed by atoms with Gasteiger partial charge >= 0.3 is 5.97 Å². The number of hydrogen-bond acceptors (Lipinski definition) is 6. The van der Waals surface area contributed by atoms with Gasteiger partial charge in [-0.25, -0.2) is 4.79 Å². The number of aliphatic carboxylic acids is 1. The maximum atomic E-state index is 12.7. The van der Waals surface area contributed by atoms with E-state index in [9.17, 15) is 9.59 Å². The van der Waals surface area contributed by atoms with E-state index in [0.29, 0.717) is 39.3 Å². The van der Waals surface area contributed by atoms with Crippen LogP contribution in [0, 0.1) is 0 Å². The highest BCUT2D eigenvalue weighted by Gasteiger charge is 2.16. The molecular formula is C18H12O7. The molecule has 25 heavy (non-hydrogen) atoms. The molecule has 126 valence electrons. The minimum atomic E-state index is -1.08. The van der Waals surface area contributed by atoms with E-state index in [2.05, 4.69) is 0 Å². The molecular weight excluding hydrogens is 328 g/mol. The Kier molecular flexibility index (Phi) is 3.53. The van der Waals surface area contributed by atoms with E-state index in [1.165, 1.54) is 18.4 Å². The highest BCUT2D eigenvalue weighted by atomic mass is 16.7. The van der Waals surface area contributed by atoms with Crippen molar-refractivity contribution in [2.75, 3.05) is 13.4 Å². The largest absolute Gasteiger partial charge is 0.482 e. The standard InChI is InChI=1S/C18H12O7/c19-17(20)8-22-11-2-3-12-15(6-11)23-7-13(18(12)21)10-1-4-14-16(5-10)25-9-24-14/h1-7H,8-9H2,(H,19,20). The van der Waals surface area contributed by atoms with Gasteiger partial charge in [-0.1, -0.05) is 6.07 Å². The van der Waals surface area contributed by atoms with Crippen LogP contribution in [0.15, 0.2) is 51.9 Å². The molecule has 1 N–H and O–H groups in total. The number of carboxylic acid groups (broad SMARTS) is 1. The second-order valence-electron chi connectivity index (χ2n) is 5.39. The predicted molar refractivity (Wildman–Crippen MR) is 87.2 cm³/mol. The molecule has 0 aliphatic carbocycles. The quantitative estimate of drug-likeness (QED) is 0.780. The van der Waals surface area contributed by atoms with Crippen molar-refractivity contribution in [2.24, 2.45) is 0 Å². The molecule has 7 heteroatoms. The monoisotopic (exact) mass is 340 g/mol. The molecule has 0 amide bonds. The van der Waals surface area contributed by atoms with Crippen LogP contribution in [0.1, 0.15) is 0 Å². The maximum absolute atomic E-state index is 12.7. The normalized spacial score (nSPS) is 12.3. The first-order valence-corrected chi connectivity index (χ1v) is 7.42. The van der Waals surface area contributed by atoms with Crippen LogP contribution >= 0.6 is 0 Å². The van der Waals surface area contributed by atoms with Crippen LogP contribution in [0.5, 0.6) is 17.2 Å². The first-order valence-electron chi connectivity index (χ1n) is 7.42. The van der Waals surface area contributed by atoms with Gasteiger partial charge in [0, 0.05) is 6.07 Å². The summed E-state index contributed by atoms with van der Waals surface area (Å²) in [6.45, 7) is -0.310. The van der Waals surface area contributed by atoms with Crippen molar-refractivity contribution < 1.29 is 28.5 Å². The second kappa shape index (κ2) is 5.86. The Morgan fingerprint density at radius 3 is 2.80 bits per heavy atom. The van der Waals surface area contributed by atoms with Crippen molar-refractivity contribution in [1.82, 2.24) is 0 Å². The fraction of sp³-hybridized carbons (Fsp3) is 0.111. The number of hydrogen-bond donors (Lipinski definition) is 1. The lowest BCUT2D eigenvalue weighted by molar-refractivity contribution is -0.139. The summed E-state index contributed by atoms with van der Waals surface area (Å²) < 4.78 is 21.2. The van der Waals surface area contributed by atoms with Crippen molar-refractivity contribution in [2.45, 2.75) is 0 Å². The van der Waals surface area contributed by atoms with Crippen molar-refractivity contribution in [1.29, 1.82) is 0 Å². The van der Waals surface area contributed by atoms with Crippen LogP contribution in [0.4, 0.5) is 0 Å². The molecule has 0 radical (unpaired) electrons. The molecule has 7 nitrogen and oxygen atoms in total. The summed E-state index contributed by atoms with van der Waals surface area (Å²) in [5, 5.41) is 9.02. The third-order valence-corrected chi connectivity index (χ3v) is 3.79. The van der Waals surface area contributed by atoms with Gasteiger partial charge in [0.05, 0.1) is 10.9 Å². The fourth-order valence-corrected chi connectivity index (χ4v) is 2.61. The molecule has 0 unspecified atom stereocenters. The van der Waals surface area contributed by atoms with E-state index in [4.69, 9.17) is 23.7 Å². The van der Waals surface area contributed by atoms with Gasteiger partial charge in [-0.05, 0) is 29.8 Å². The Labute approximate surface area is 141 Å². The van der Waals surface area contributed by atoms with E-state index < -0.39 is 12.6 Å². The van der Waals surface area contributed by atoms with Gasteiger partial charge in [0.25, 0.3) is 0 Å². The lowest BCUT2D eigenvalue weighted by atomic mass is 10.0. The van der Waals surface area contributed by atoms with Gasteiger partial charge in [0.2, 0.25) is 6.79 Å². The minimum Gasteiger partial charge on any atom is -0.482 e. The van der Waals surface area contributed by atoms with Crippen LogP contribution in [-0.4, -0.2) is 24.5 Å². The van der Waals surface area contributed by atoms with E-state index in [1.807, 2.05) is 0 Å².